The SMILES string of the molecule is CCCCC(=O)c1ccc(N)cc1C. The first kappa shape index (κ1) is 10.8. The van der Waals surface area contributed by atoms with Crippen LogP contribution in [0.15, 0.2) is 18.2 Å². The van der Waals surface area contributed by atoms with E-state index in [2.05, 4.69) is 6.92 Å². The third kappa shape index (κ3) is 2.59. The largest absolute Gasteiger partial charge is 0.399 e. The number of hydrogen-bond acceptors (Lipinski definition) is 2. The van der Waals surface area contributed by atoms with Gasteiger partial charge in [0.15, 0.2) is 5.78 Å². The van der Waals surface area contributed by atoms with Gasteiger partial charge in [0.1, 0.15) is 0 Å². The fraction of sp³-hybridized carbons (Fsp3) is 0.417. The summed E-state index contributed by atoms with van der Waals surface area (Å²) in [6.45, 7) is 4.01. The summed E-state index contributed by atoms with van der Waals surface area (Å²) in [6.07, 6.45) is 2.66. The first-order chi connectivity index (χ1) is 6.65. The van der Waals surface area contributed by atoms with Crippen LogP contribution in [0.4, 0.5) is 5.69 Å². The number of nitrogen functional groups attached to an aromatic ring is 1. The summed E-state index contributed by atoms with van der Waals surface area (Å²) in [6, 6.07) is 5.45. The summed E-state index contributed by atoms with van der Waals surface area (Å²) >= 11 is 0. The van der Waals surface area contributed by atoms with Crippen LogP contribution < -0.4 is 5.73 Å². The number of unbranched alkanes of at least 4 members (excludes halogenated alkanes) is 1. The summed E-state index contributed by atoms with van der Waals surface area (Å²) in [5.41, 5.74) is 8.12. The zero-order valence-electron chi connectivity index (χ0n) is 8.84. The normalized spacial score (nSPS) is 10.1. The van der Waals surface area contributed by atoms with E-state index in [1.807, 2.05) is 19.1 Å². The molecule has 0 aromatic heterocycles. The Kier molecular flexibility index (Phi) is 3.69. The van der Waals surface area contributed by atoms with Crippen molar-refractivity contribution < 1.29 is 4.79 Å². The Morgan fingerprint density at radius 3 is 2.71 bits per heavy atom. The molecule has 1 aromatic carbocycles. The topological polar surface area (TPSA) is 43.1 Å². The van der Waals surface area contributed by atoms with Crippen molar-refractivity contribution in [2.45, 2.75) is 33.1 Å². The standard InChI is InChI=1S/C12H17NO/c1-3-4-5-12(14)11-7-6-10(13)8-9(11)2/h6-8H,3-5,13H2,1-2H3. The summed E-state index contributed by atoms with van der Waals surface area (Å²) in [7, 11) is 0. The lowest BCUT2D eigenvalue weighted by Gasteiger charge is -2.05. The number of nitrogens with two attached hydrogens (primary N) is 1. The maximum Gasteiger partial charge on any atom is 0.163 e. The van der Waals surface area contributed by atoms with E-state index in [-0.39, 0.29) is 5.78 Å². The van der Waals surface area contributed by atoms with Gasteiger partial charge in [0, 0.05) is 17.7 Å². The van der Waals surface area contributed by atoms with E-state index in [0.29, 0.717) is 6.42 Å². The molecule has 0 saturated heterocycles. The first-order valence-electron chi connectivity index (χ1n) is 5.04. The summed E-state index contributed by atoms with van der Waals surface area (Å²) in [5.74, 6) is 0.226. The van der Waals surface area contributed by atoms with Gasteiger partial charge in [-0.25, -0.2) is 0 Å². The van der Waals surface area contributed by atoms with Crippen molar-refractivity contribution in [2.75, 3.05) is 5.73 Å². The Morgan fingerprint density at radius 2 is 2.14 bits per heavy atom. The van der Waals surface area contributed by atoms with E-state index in [1.54, 1.807) is 6.07 Å². The average molecular weight is 191 g/mol. The molecular weight excluding hydrogens is 174 g/mol. The molecule has 0 unspecified atom stereocenters. The lowest BCUT2D eigenvalue weighted by Crippen LogP contribution is -2.02. The van der Waals surface area contributed by atoms with Crippen LogP contribution in [0.3, 0.4) is 0 Å². The van der Waals surface area contributed by atoms with Gasteiger partial charge in [-0.15, -0.1) is 0 Å². The lowest BCUT2D eigenvalue weighted by molar-refractivity contribution is 0.0979. The second-order valence-corrected chi connectivity index (χ2v) is 3.60. The minimum Gasteiger partial charge on any atom is -0.399 e. The molecule has 0 spiro atoms. The Morgan fingerprint density at radius 1 is 1.43 bits per heavy atom. The molecule has 0 saturated carbocycles. The predicted octanol–water partition coefficient (Wildman–Crippen LogP) is 2.95. The molecule has 0 aliphatic rings. The van der Waals surface area contributed by atoms with Crippen molar-refractivity contribution >= 4 is 11.5 Å². The molecule has 2 nitrogen and oxygen atoms in total. The predicted molar refractivity (Wildman–Crippen MR) is 59.4 cm³/mol. The monoisotopic (exact) mass is 191 g/mol. The molecule has 0 radical (unpaired) electrons. The Bertz CT molecular complexity index is 331. The third-order valence-electron chi connectivity index (χ3n) is 2.31. The highest BCUT2D eigenvalue weighted by atomic mass is 16.1. The molecule has 14 heavy (non-hydrogen) atoms. The fourth-order valence-corrected chi connectivity index (χ4v) is 1.47. The minimum atomic E-state index is 0.226. The van der Waals surface area contributed by atoms with Gasteiger partial charge in [-0.1, -0.05) is 13.3 Å². The van der Waals surface area contributed by atoms with E-state index in [0.717, 1.165) is 29.7 Å². The Labute approximate surface area is 85.1 Å². The Hall–Kier alpha value is -1.31. The molecule has 1 rings (SSSR count). The molecule has 1 aromatic rings. The number of ketones is 1. The number of rotatable bonds is 4. The highest BCUT2D eigenvalue weighted by Gasteiger charge is 2.07. The maximum absolute atomic E-state index is 11.7. The summed E-state index contributed by atoms with van der Waals surface area (Å²) < 4.78 is 0. The van der Waals surface area contributed by atoms with Crippen molar-refractivity contribution in [3.63, 3.8) is 0 Å². The Balaban J connectivity index is 2.80. The highest BCUT2D eigenvalue weighted by Crippen LogP contribution is 2.15. The van der Waals surface area contributed by atoms with Crippen LogP contribution in [-0.4, -0.2) is 5.78 Å². The highest BCUT2D eigenvalue weighted by molar-refractivity contribution is 5.97. The van der Waals surface area contributed by atoms with Crippen molar-refractivity contribution in [1.29, 1.82) is 0 Å². The van der Waals surface area contributed by atoms with Crippen molar-refractivity contribution in [3.8, 4) is 0 Å². The zero-order valence-corrected chi connectivity index (χ0v) is 8.84. The van der Waals surface area contributed by atoms with Gasteiger partial charge in [-0.2, -0.15) is 0 Å². The molecule has 2 N–H and O–H groups in total. The van der Waals surface area contributed by atoms with Crippen LogP contribution in [0, 0.1) is 6.92 Å². The van der Waals surface area contributed by atoms with E-state index in [1.165, 1.54) is 0 Å². The van der Waals surface area contributed by atoms with E-state index >= 15 is 0 Å². The molecular formula is C12H17NO. The van der Waals surface area contributed by atoms with Crippen molar-refractivity contribution in [1.82, 2.24) is 0 Å². The van der Waals surface area contributed by atoms with Gasteiger partial charge in [-0.05, 0) is 37.1 Å². The number of benzene rings is 1. The summed E-state index contributed by atoms with van der Waals surface area (Å²) in [4.78, 5) is 11.7. The van der Waals surface area contributed by atoms with E-state index in [4.69, 9.17) is 5.73 Å². The van der Waals surface area contributed by atoms with Crippen LogP contribution in [0.25, 0.3) is 0 Å². The number of carbonyl (C=O) groups is 1. The molecule has 0 heterocycles. The van der Waals surface area contributed by atoms with Gasteiger partial charge >= 0.3 is 0 Å². The van der Waals surface area contributed by atoms with Gasteiger partial charge in [0.05, 0.1) is 0 Å². The third-order valence-corrected chi connectivity index (χ3v) is 2.31. The van der Waals surface area contributed by atoms with Crippen LogP contribution >= 0.6 is 0 Å². The number of aryl methyl sites for hydroxylation is 1. The van der Waals surface area contributed by atoms with Gasteiger partial charge in [-0.3, -0.25) is 4.79 Å². The van der Waals surface area contributed by atoms with Crippen LogP contribution in [-0.2, 0) is 0 Å². The molecule has 0 bridgehead atoms. The van der Waals surface area contributed by atoms with Gasteiger partial charge < -0.3 is 5.73 Å². The van der Waals surface area contributed by atoms with Crippen molar-refractivity contribution in [3.05, 3.63) is 29.3 Å². The number of carbonyl (C=O) groups excluding carboxylic acids is 1. The van der Waals surface area contributed by atoms with Gasteiger partial charge in [0.2, 0.25) is 0 Å². The smallest absolute Gasteiger partial charge is 0.163 e. The molecule has 0 atom stereocenters. The number of Topliss-reactive ketones (excluding diaryl/α,β-unsaturated/α-hetero) is 1. The number of anilines is 1. The minimum absolute atomic E-state index is 0.226. The zero-order chi connectivity index (χ0) is 10.6. The van der Waals surface area contributed by atoms with Crippen LogP contribution in [0.1, 0.15) is 42.1 Å². The molecule has 0 aliphatic heterocycles. The molecule has 0 fully saturated rings. The van der Waals surface area contributed by atoms with E-state index < -0.39 is 0 Å². The van der Waals surface area contributed by atoms with Crippen LogP contribution in [0.2, 0.25) is 0 Å². The molecule has 0 aliphatic carbocycles. The number of hydrogen-bond donors (Lipinski definition) is 1. The average Bonchev–Trinajstić information content (AvgIpc) is 2.14. The van der Waals surface area contributed by atoms with Crippen LogP contribution in [0.5, 0.6) is 0 Å². The summed E-state index contributed by atoms with van der Waals surface area (Å²) in [5, 5.41) is 0. The quantitative estimate of drug-likeness (QED) is 0.587. The van der Waals surface area contributed by atoms with Gasteiger partial charge in [0.25, 0.3) is 0 Å². The van der Waals surface area contributed by atoms with E-state index in [9.17, 15) is 4.79 Å². The second kappa shape index (κ2) is 4.80. The van der Waals surface area contributed by atoms with Crippen molar-refractivity contribution in [2.24, 2.45) is 0 Å². The fourth-order valence-electron chi connectivity index (χ4n) is 1.47. The molecule has 0 amide bonds. The second-order valence-electron chi connectivity index (χ2n) is 3.60. The first-order valence-corrected chi connectivity index (χ1v) is 5.04. The maximum atomic E-state index is 11.7. The molecule has 76 valence electrons. The lowest BCUT2D eigenvalue weighted by atomic mass is 10.0. The molecule has 2 heteroatoms.